The molecule has 0 atom stereocenters. The van der Waals surface area contributed by atoms with Gasteiger partial charge in [-0.1, -0.05) is 30.3 Å². The lowest BCUT2D eigenvalue weighted by Crippen LogP contribution is -2.03. The van der Waals surface area contributed by atoms with Crippen LogP contribution in [-0.4, -0.2) is 36.9 Å². The fourth-order valence-corrected chi connectivity index (χ4v) is 2.76. The van der Waals surface area contributed by atoms with E-state index in [-0.39, 0.29) is 0 Å². The van der Waals surface area contributed by atoms with Crippen molar-refractivity contribution in [2.75, 3.05) is 7.11 Å². The lowest BCUT2D eigenvalue weighted by molar-refractivity contribution is 0.413. The summed E-state index contributed by atoms with van der Waals surface area (Å²) >= 11 is 0. The minimum Gasteiger partial charge on any atom is -0.495 e. The maximum absolute atomic E-state index is 5.54. The summed E-state index contributed by atoms with van der Waals surface area (Å²) in [5.74, 6) is 1.28. The van der Waals surface area contributed by atoms with Crippen LogP contribution in [0.1, 0.15) is 11.3 Å². The van der Waals surface area contributed by atoms with Crippen molar-refractivity contribution in [2.45, 2.75) is 13.5 Å². The van der Waals surface area contributed by atoms with Crippen molar-refractivity contribution in [1.82, 2.24) is 29.8 Å². The molecule has 0 radical (unpaired) electrons. The number of tetrazole rings is 1. The van der Waals surface area contributed by atoms with Gasteiger partial charge in [0.25, 0.3) is 0 Å². The van der Waals surface area contributed by atoms with Gasteiger partial charge in [0.1, 0.15) is 5.75 Å². The molecular formula is C19H18N6O. The van der Waals surface area contributed by atoms with E-state index in [4.69, 9.17) is 4.74 Å². The number of ether oxygens (including phenoxy) is 1. The van der Waals surface area contributed by atoms with Gasteiger partial charge in [0.2, 0.25) is 5.82 Å². The molecule has 0 spiro atoms. The van der Waals surface area contributed by atoms with Crippen LogP contribution in [-0.2, 0) is 6.54 Å². The first-order chi connectivity index (χ1) is 12.7. The second-order valence-corrected chi connectivity index (χ2v) is 5.94. The van der Waals surface area contributed by atoms with Crippen LogP contribution in [0.25, 0.3) is 17.1 Å². The van der Waals surface area contributed by atoms with Gasteiger partial charge < -0.3 is 9.30 Å². The molecule has 2 aromatic heterocycles. The maximum Gasteiger partial charge on any atom is 0.205 e. The molecule has 0 fully saturated rings. The Morgan fingerprint density at radius 3 is 2.65 bits per heavy atom. The largest absolute Gasteiger partial charge is 0.495 e. The second kappa shape index (κ2) is 6.79. The third kappa shape index (κ3) is 3.19. The molecule has 2 heterocycles. The lowest BCUT2D eigenvalue weighted by Gasteiger charge is -2.10. The van der Waals surface area contributed by atoms with Gasteiger partial charge in [-0.2, -0.15) is 4.80 Å². The van der Waals surface area contributed by atoms with Crippen LogP contribution in [0.15, 0.2) is 61.1 Å². The fourth-order valence-electron chi connectivity index (χ4n) is 2.76. The third-order valence-electron chi connectivity index (χ3n) is 4.05. The minimum absolute atomic E-state index is 0.563. The quantitative estimate of drug-likeness (QED) is 0.556. The van der Waals surface area contributed by atoms with Gasteiger partial charge in [0.05, 0.1) is 31.4 Å². The molecule has 26 heavy (non-hydrogen) atoms. The molecule has 0 aliphatic heterocycles. The monoisotopic (exact) mass is 346 g/mol. The van der Waals surface area contributed by atoms with Crippen molar-refractivity contribution in [3.8, 4) is 22.8 Å². The summed E-state index contributed by atoms with van der Waals surface area (Å²) in [5.41, 5.74) is 3.83. The molecule has 0 saturated carbocycles. The van der Waals surface area contributed by atoms with Gasteiger partial charge >= 0.3 is 0 Å². The zero-order valence-electron chi connectivity index (χ0n) is 14.6. The van der Waals surface area contributed by atoms with E-state index in [2.05, 4.69) is 20.4 Å². The first-order valence-electron chi connectivity index (χ1n) is 8.24. The summed E-state index contributed by atoms with van der Waals surface area (Å²) in [4.78, 5) is 5.85. The summed E-state index contributed by atoms with van der Waals surface area (Å²) in [6.45, 7) is 2.53. The van der Waals surface area contributed by atoms with E-state index in [1.54, 1.807) is 18.2 Å². The van der Waals surface area contributed by atoms with Gasteiger partial charge in [0, 0.05) is 11.8 Å². The Balaban J connectivity index is 1.62. The molecule has 0 bridgehead atoms. The molecule has 0 unspecified atom stereocenters. The smallest absolute Gasteiger partial charge is 0.205 e. The maximum atomic E-state index is 5.54. The number of imidazole rings is 1. The molecule has 0 aliphatic carbocycles. The van der Waals surface area contributed by atoms with Crippen LogP contribution in [0.3, 0.4) is 0 Å². The summed E-state index contributed by atoms with van der Waals surface area (Å²) in [6, 6.07) is 15.9. The van der Waals surface area contributed by atoms with Gasteiger partial charge in [-0.25, -0.2) is 4.98 Å². The van der Waals surface area contributed by atoms with Gasteiger partial charge in [-0.15, -0.1) is 10.2 Å². The van der Waals surface area contributed by atoms with Gasteiger partial charge in [0.15, 0.2) is 0 Å². The normalized spacial score (nSPS) is 10.8. The molecule has 2 aromatic carbocycles. The molecule has 4 rings (SSSR count). The highest BCUT2D eigenvalue weighted by molar-refractivity contribution is 5.62. The Morgan fingerprint density at radius 1 is 1.08 bits per heavy atom. The highest BCUT2D eigenvalue weighted by Gasteiger charge is 2.12. The Hall–Kier alpha value is -3.48. The number of rotatable bonds is 5. The number of hydrogen-bond donors (Lipinski definition) is 0. The molecule has 7 nitrogen and oxygen atoms in total. The van der Waals surface area contributed by atoms with Crippen LogP contribution in [0.5, 0.6) is 5.75 Å². The lowest BCUT2D eigenvalue weighted by atomic mass is 10.1. The second-order valence-electron chi connectivity index (χ2n) is 5.94. The Labute approximate surface area is 150 Å². The molecule has 0 aliphatic rings. The van der Waals surface area contributed by atoms with Crippen LogP contribution in [0.4, 0.5) is 0 Å². The van der Waals surface area contributed by atoms with Crippen molar-refractivity contribution >= 4 is 0 Å². The van der Waals surface area contributed by atoms with E-state index in [9.17, 15) is 0 Å². The number of aromatic nitrogens is 6. The van der Waals surface area contributed by atoms with E-state index in [1.165, 1.54) is 0 Å². The molecule has 0 amide bonds. The number of benzene rings is 2. The van der Waals surface area contributed by atoms with Crippen LogP contribution < -0.4 is 4.74 Å². The number of hydrogen-bond acceptors (Lipinski definition) is 5. The highest BCUT2D eigenvalue weighted by Crippen LogP contribution is 2.28. The zero-order chi connectivity index (χ0) is 17.9. The Kier molecular flexibility index (Phi) is 4.18. The van der Waals surface area contributed by atoms with Crippen molar-refractivity contribution in [3.63, 3.8) is 0 Å². The van der Waals surface area contributed by atoms with Crippen LogP contribution in [0.2, 0.25) is 0 Å². The van der Waals surface area contributed by atoms with E-state index in [0.29, 0.717) is 12.4 Å². The first-order valence-corrected chi connectivity index (χ1v) is 8.24. The molecule has 130 valence electrons. The summed E-state index contributed by atoms with van der Waals surface area (Å²) in [5, 5.41) is 12.8. The van der Waals surface area contributed by atoms with Gasteiger partial charge in [-0.3, -0.25) is 0 Å². The van der Waals surface area contributed by atoms with Crippen molar-refractivity contribution in [3.05, 3.63) is 72.3 Å². The number of methoxy groups -OCH3 is 1. The molecular weight excluding hydrogens is 328 g/mol. The molecule has 0 N–H and O–H groups in total. The fraction of sp³-hybridized carbons (Fsp3) is 0.158. The van der Waals surface area contributed by atoms with Crippen LogP contribution in [0, 0.1) is 6.92 Å². The van der Waals surface area contributed by atoms with E-state index >= 15 is 0 Å². The SMILES string of the molecule is COc1cc(-c2nnn(Cc3ccccc3)n2)ccc1-n1cnc(C)c1. The third-order valence-corrected chi connectivity index (χ3v) is 4.05. The standard InChI is InChI=1S/C19H18N6O/c1-14-11-24(13-20-14)17-9-8-16(10-18(17)26-2)19-21-23-25(22-19)12-15-6-4-3-5-7-15/h3-11,13H,12H2,1-2H3. The predicted molar refractivity (Wildman–Crippen MR) is 97.2 cm³/mol. The van der Waals surface area contributed by atoms with Gasteiger partial charge in [-0.05, 0) is 35.9 Å². The average molecular weight is 346 g/mol. The average Bonchev–Trinajstić information content (AvgIpc) is 3.31. The van der Waals surface area contributed by atoms with Crippen molar-refractivity contribution < 1.29 is 4.74 Å². The summed E-state index contributed by atoms with van der Waals surface area (Å²) in [6.07, 6.45) is 3.72. The van der Waals surface area contributed by atoms with E-state index in [1.807, 2.05) is 66.2 Å². The number of aryl methyl sites for hydroxylation is 1. The van der Waals surface area contributed by atoms with Crippen molar-refractivity contribution in [2.24, 2.45) is 0 Å². The molecule has 4 aromatic rings. The summed E-state index contributed by atoms with van der Waals surface area (Å²) < 4.78 is 7.47. The van der Waals surface area contributed by atoms with E-state index in [0.717, 1.165) is 28.3 Å². The van der Waals surface area contributed by atoms with E-state index < -0.39 is 0 Å². The Bertz CT molecular complexity index is 1020. The minimum atomic E-state index is 0.563. The van der Waals surface area contributed by atoms with Crippen LogP contribution >= 0.6 is 0 Å². The number of nitrogens with zero attached hydrogens (tertiary/aromatic N) is 6. The molecule has 0 saturated heterocycles. The Morgan fingerprint density at radius 2 is 1.92 bits per heavy atom. The predicted octanol–water partition coefficient (Wildman–Crippen LogP) is 2.89. The first kappa shape index (κ1) is 16.0. The summed E-state index contributed by atoms with van der Waals surface area (Å²) in [7, 11) is 1.64. The van der Waals surface area contributed by atoms with Crippen molar-refractivity contribution in [1.29, 1.82) is 0 Å². The molecule has 7 heteroatoms. The topological polar surface area (TPSA) is 70.7 Å². The highest BCUT2D eigenvalue weighted by atomic mass is 16.5. The zero-order valence-corrected chi connectivity index (χ0v) is 14.6.